The Morgan fingerprint density at radius 1 is 1.18 bits per heavy atom. The Kier molecular flexibility index (Phi) is 8.03. The minimum atomic E-state index is -4.70. The van der Waals surface area contributed by atoms with Gasteiger partial charge in [-0.2, -0.15) is 31.4 Å². The maximum absolute atomic E-state index is 13.6. The van der Waals surface area contributed by atoms with Crippen molar-refractivity contribution in [2.24, 2.45) is 5.41 Å². The van der Waals surface area contributed by atoms with Crippen molar-refractivity contribution in [2.45, 2.75) is 76.3 Å². The topological polar surface area (TPSA) is 153 Å². The van der Waals surface area contributed by atoms with Gasteiger partial charge in [-0.1, -0.05) is 19.0 Å². The summed E-state index contributed by atoms with van der Waals surface area (Å²) in [5.41, 5.74) is -3.17. The SMILES string of the molecule is Cc1nonc1C(=O)N[C@@H](CCC(C)(C)C(F)(F)F)c1cn2ncc(C[C@@]3(c4ncccn4)C[C@@H](C(F)(F)F)NC3=O)cc2n1. The summed E-state index contributed by atoms with van der Waals surface area (Å²) >= 11 is 0. The number of carbonyl (C=O) groups is 2. The molecule has 0 unspecified atom stereocenters. The van der Waals surface area contributed by atoms with Crippen LogP contribution in [0.4, 0.5) is 26.3 Å². The highest BCUT2D eigenvalue weighted by molar-refractivity contribution is 5.93. The van der Waals surface area contributed by atoms with Gasteiger partial charge in [0, 0.05) is 12.4 Å². The number of imidazole rings is 1. The third kappa shape index (κ3) is 6.30. The van der Waals surface area contributed by atoms with Gasteiger partial charge in [-0.25, -0.2) is 24.1 Å². The Labute approximate surface area is 251 Å². The third-order valence-corrected chi connectivity index (χ3v) is 7.94. The van der Waals surface area contributed by atoms with E-state index in [4.69, 9.17) is 0 Å². The number of nitrogens with one attached hydrogen (secondary N) is 2. The van der Waals surface area contributed by atoms with Gasteiger partial charge in [0.15, 0.2) is 11.3 Å². The van der Waals surface area contributed by atoms with Gasteiger partial charge in [0.05, 0.1) is 29.5 Å². The molecule has 1 aliphatic rings. The number of aromatic nitrogens is 7. The molecule has 0 bridgehead atoms. The van der Waals surface area contributed by atoms with Crippen molar-refractivity contribution in [1.29, 1.82) is 0 Å². The van der Waals surface area contributed by atoms with E-state index < -0.39 is 53.5 Å². The normalized spacial score (nSPS) is 19.9. The van der Waals surface area contributed by atoms with E-state index in [-0.39, 0.29) is 47.8 Å². The number of alkyl halides is 6. The molecule has 2 N–H and O–H groups in total. The van der Waals surface area contributed by atoms with Crippen molar-refractivity contribution < 1.29 is 40.6 Å². The highest BCUT2D eigenvalue weighted by Gasteiger charge is 2.57. The molecule has 0 radical (unpaired) electrons. The van der Waals surface area contributed by atoms with E-state index in [0.717, 1.165) is 13.8 Å². The van der Waals surface area contributed by atoms with Gasteiger partial charge in [0.2, 0.25) is 5.91 Å². The lowest BCUT2D eigenvalue weighted by Crippen LogP contribution is -2.40. The molecular formula is C27H27F6N9O3. The Hall–Kier alpha value is -4.64. The molecule has 3 atom stereocenters. The van der Waals surface area contributed by atoms with Crippen LogP contribution in [0, 0.1) is 12.3 Å². The molecular weight excluding hydrogens is 612 g/mol. The van der Waals surface area contributed by atoms with Crippen LogP contribution in [-0.4, -0.2) is 65.1 Å². The highest BCUT2D eigenvalue weighted by atomic mass is 19.4. The first-order chi connectivity index (χ1) is 21.0. The van der Waals surface area contributed by atoms with Gasteiger partial charge in [-0.15, -0.1) is 0 Å². The summed E-state index contributed by atoms with van der Waals surface area (Å²) < 4.78 is 87.7. The Bertz CT molecular complexity index is 1700. The molecule has 2 amide bonds. The molecule has 0 aromatic carbocycles. The zero-order valence-corrected chi connectivity index (χ0v) is 24.1. The van der Waals surface area contributed by atoms with Crippen molar-refractivity contribution >= 4 is 17.5 Å². The monoisotopic (exact) mass is 639 g/mol. The van der Waals surface area contributed by atoms with Gasteiger partial charge >= 0.3 is 12.4 Å². The van der Waals surface area contributed by atoms with E-state index in [9.17, 15) is 35.9 Å². The van der Waals surface area contributed by atoms with Crippen LogP contribution in [0.15, 0.2) is 41.5 Å². The minimum Gasteiger partial charge on any atom is -0.343 e. The predicted octanol–water partition coefficient (Wildman–Crippen LogP) is 3.98. The summed E-state index contributed by atoms with van der Waals surface area (Å²) in [5.74, 6) is -1.73. The van der Waals surface area contributed by atoms with Gasteiger partial charge in [0.25, 0.3) is 5.91 Å². The number of carbonyl (C=O) groups excluding carboxylic acids is 2. The fraction of sp³-hybridized carbons (Fsp3) is 0.481. The van der Waals surface area contributed by atoms with Crippen LogP contribution < -0.4 is 10.6 Å². The van der Waals surface area contributed by atoms with E-state index in [1.165, 1.54) is 48.4 Å². The molecule has 4 aromatic heterocycles. The molecule has 0 spiro atoms. The van der Waals surface area contributed by atoms with Crippen molar-refractivity contribution in [3.05, 3.63) is 65.4 Å². The second-order valence-corrected chi connectivity index (χ2v) is 11.6. The van der Waals surface area contributed by atoms with Gasteiger partial charge in [-0.3, -0.25) is 9.59 Å². The average Bonchev–Trinajstić information content (AvgIpc) is 3.67. The van der Waals surface area contributed by atoms with Gasteiger partial charge in [0.1, 0.15) is 23.0 Å². The van der Waals surface area contributed by atoms with Crippen LogP contribution in [0.2, 0.25) is 0 Å². The Balaban J connectivity index is 1.47. The third-order valence-electron chi connectivity index (χ3n) is 7.94. The maximum Gasteiger partial charge on any atom is 0.408 e. The lowest BCUT2D eigenvalue weighted by atomic mass is 9.78. The zero-order valence-electron chi connectivity index (χ0n) is 24.1. The van der Waals surface area contributed by atoms with Crippen LogP contribution in [0.5, 0.6) is 0 Å². The zero-order chi connectivity index (χ0) is 32.8. The summed E-state index contributed by atoms with van der Waals surface area (Å²) in [7, 11) is 0. The number of hydrogen-bond donors (Lipinski definition) is 2. The first-order valence-corrected chi connectivity index (χ1v) is 13.7. The molecule has 4 aromatic rings. The maximum atomic E-state index is 13.6. The average molecular weight is 640 g/mol. The number of fused-ring (bicyclic) bond motifs is 1. The smallest absolute Gasteiger partial charge is 0.343 e. The van der Waals surface area contributed by atoms with Crippen LogP contribution in [0.3, 0.4) is 0 Å². The lowest BCUT2D eigenvalue weighted by molar-refractivity contribution is -0.214. The van der Waals surface area contributed by atoms with E-state index in [1.54, 1.807) is 0 Å². The molecule has 1 saturated heterocycles. The summed E-state index contributed by atoms with van der Waals surface area (Å²) in [6.45, 7) is 3.56. The van der Waals surface area contributed by atoms with E-state index >= 15 is 0 Å². The number of amides is 2. The van der Waals surface area contributed by atoms with Crippen LogP contribution >= 0.6 is 0 Å². The molecule has 5 heterocycles. The number of rotatable bonds is 9. The van der Waals surface area contributed by atoms with Crippen molar-refractivity contribution in [1.82, 2.24) is 45.5 Å². The Morgan fingerprint density at radius 3 is 2.49 bits per heavy atom. The molecule has 45 heavy (non-hydrogen) atoms. The number of nitrogens with zero attached hydrogens (tertiary/aromatic N) is 7. The molecule has 0 aliphatic carbocycles. The van der Waals surface area contributed by atoms with Crippen LogP contribution in [0.1, 0.15) is 72.4 Å². The fourth-order valence-corrected chi connectivity index (χ4v) is 5.11. The molecule has 1 aliphatic heterocycles. The first-order valence-electron chi connectivity index (χ1n) is 13.7. The van der Waals surface area contributed by atoms with Crippen molar-refractivity contribution in [3.63, 3.8) is 0 Å². The van der Waals surface area contributed by atoms with Crippen LogP contribution in [0.25, 0.3) is 5.65 Å². The number of aryl methyl sites for hydroxylation is 1. The fourth-order valence-electron chi connectivity index (χ4n) is 5.11. The van der Waals surface area contributed by atoms with Crippen LogP contribution in [-0.2, 0) is 16.6 Å². The van der Waals surface area contributed by atoms with Crippen molar-refractivity contribution in [3.8, 4) is 0 Å². The number of halogens is 6. The molecule has 1 fully saturated rings. The van der Waals surface area contributed by atoms with E-state index in [1.807, 2.05) is 5.32 Å². The Morgan fingerprint density at radius 2 is 1.89 bits per heavy atom. The summed E-state index contributed by atoms with van der Waals surface area (Å²) in [5, 5.41) is 16.0. The summed E-state index contributed by atoms with van der Waals surface area (Å²) in [4.78, 5) is 38.6. The number of hydrogen-bond acceptors (Lipinski definition) is 9. The quantitative estimate of drug-likeness (QED) is 0.259. The molecule has 0 saturated carbocycles. The van der Waals surface area contributed by atoms with Gasteiger partial charge < -0.3 is 10.6 Å². The largest absolute Gasteiger partial charge is 0.408 e. The molecule has 240 valence electrons. The lowest BCUT2D eigenvalue weighted by Gasteiger charge is -2.29. The van der Waals surface area contributed by atoms with E-state index in [0.29, 0.717) is 5.56 Å². The summed E-state index contributed by atoms with van der Waals surface area (Å²) in [6.07, 6.45) is -5.27. The predicted molar refractivity (Wildman–Crippen MR) is 141 cm³/mol. The molecule has 18 heteroatoms. The first kappa shape index (κ1) is 31.8. The van der Waals surface area contributed by atoms with E-state index in [2.05, 4.69) is 40.3 Å². The summed E-state index contributed by atoms with van der Waals surface area (Å²) in [6, 6.07) is -0.189. The van der Waals surface area contributed by atoms with Gasteiger partial charge in [-0.05, 0) is 55.5 Å². The highest BCUT2D eigenvalue weighted by Crippen LogP contribution is 2.43. The standard InChI is InChI=1S/C27H27F6N9O3/c1-14-20(41-45-40-14)21(43)38-16(5-6-24(2,3)27(31,32)33)17-13-42-19(37-17)9-15(12-36-42)10-25(22-34-7-4-8-35-22)11-18(26(28,29)30)39-23(25)44/h4,7-9,12-13,16,18H,5-6,10-11H2,1-3H3,(H,38,43)(H,39,44)/t16-,18-,25-/m0/s1. The molecule has 12 nitrogen and oxygen atoms in total. The van der Waals surface area contributed by atoms with Crippen molar-refractivity contribution in [2.75, 3.05) is 0 Å². The second kappa shape index (κ2) is 11.4. The minimum absolute atomic E-state index is 0.0918. The second-order valence-electron chi connectivity index (χ2n) is 11.6. The molecule has 5 rings (SSSR count).